The molecule has 1 saturated heterocycles. The lowest BCUT2D eigenvalue weighted by molar-refractivity contribution is 0.0767. The van der Waals surface area contributed by atoms with E-state index in [9.17, 15) is 8.42 Å². The Kier molecular flexibility index (Phi) is 7.26. The largest absolute Gasteiger partial charge is 0.494 e. The Balaban J connectivity index is 1.70. The number of pyridine rings is 1. The molecule has 0 amide bonds. The van der Waals surface area contributed by atoms with Gasteiger partial charge in [0.15, 0.2) is 11.6 Å². The van der Waals surface area contributed by atoms with Crippen molar-refractivity contribution < 1.29 is 27.4 Å². The van der Waals surface area contributed by atoms with Gasteiger partial charge in [-0.15, -0.1) is 10.2 Å². The maximum Gasteiger partial charge on any atom is 0.250 e. The predicted octanol–water partition coefficient (Wildman–Crippen LogP) is 2.33. The van der Waals surface area contributed by atoms with Gasteiger partial charge in [0.1, 0.15) is 28.3 Å². The topological polar surface area (TPSA) is 152 Å². The summed E-state index contributed by atoms with van der Waals surface area (Å²) in [6.07, 6.45) is 0.299. The van der Waals surface area contributed by atoms with E-state index in [1.807, 2.05) is 13.0 Å². The highest BCUT2D eigenvalue weighted by Crippen LogP contribution is 2.38. The highest BCUT2D eigenvalue weighted by Gasteiger charge is 2.29. The number of imidazole rings is 1. The lowest BCUT2D eigenvalue weighted by Gasteiger charge is -2.23. The number of benzene rings is 1. The van der Waals surface area contributed by atoms with Gasteiger partial charge in [0, 0.05) is 18.6 Å². The van der Waals surface area contributed by atoms with Gasteiger partial charge in [-0.3, -0.25) is 14.6 Å². The smallest absolute Gasteiger partial charge is 0.250 e. The molecule has 200 valence electrons. The van der Waals surface area contributed by atoms with Crippen molar-refractivity contribution in [3.63, 3.8) is 0 Å². The fourth-order valence-electron chi connectivity index (χ4n) is 4.15. The Morgan fingerprint density at radius 1 is 1.11 bits per heavy atom. The monoisotopic (exact) mass is 541 g/mol. The molecule has 0 bridgehead atoms. The minimum Gasteiger partial charge on any atom is -0.494 e. The molecule has 38 heavy (non-hydrogen) atoms. The molecule has 1 aromatic carbocycles. The van der Waals surface area contributed by atoms with Crippen LogP contribution in [0.1, 0.15) is 13.3 Å². The predicted molar refractivity (Wildman–Crippen MR) is 139 cm³/mol. The van der Waals surface area contributed by atoms with Crippen LogP contribution in [-0.4, -0.2) is 72.7 Å². The Morgan fingerprint density at radius 3 is 2.55 bits per heavy atom. The number of rotatable bonds is 9. The number of anilines is 1. The molecule has 4 aromatic rings. The van der Waals surface area contributed by atoms with Crippen molar-refractivity contribution in [2.24, 2.45) is 0 Å². The average molecular weight is 542 g/mol. The van der Waals surface area contributed by atoms with Crippen molar-refractivity contribution in [2.45, 2.75) is 18.7 Å². The maximum atomic E-state index is 13.0. The Hall–Kier alpha value is -4.01. The van der Waals surface area contributed by atoms with Crippen LogP contribution in [0.3, 0.4) is 0 Å². The van der Waals surface area contributed by atoms with Gasteiger partial charge in [-0.25, -0.2) is 18.4 Å². The van der Waals surface area contributed by atoms with Gasteiger partial charge in [0.05, 0.1) is 39.7 Å². The van der Waals surface area contributed by atoms with Gasteiger partial charge in [0.2, 0.25) is 21.6 Å². The number of nitrogens with zero attached hydrogens (tertiary/aromatic N) is 5. The van der Waals surface area contributed by atoms with Crippen molar-refractivity contribution in [1.82, 2.24) is 30.0 Å². The summed E-state index contributed by atoms with van der Waals surface area (Å²) in [5.41, 5.74) is 1.75. The average Bonchev–Trinajstić information content (AvgIpc) is 3.31. The highest BCUT2D eigenvalue weighted by molar-refractivity contribution is 7.93. The van der Waals surface area contributed by atoms with Crippen LogP contribution in [0.4, 0.5) is 5.82 Å². The zero-order valence-corrected chi connectivity index (χ0v) is 21.9. The molecular weight excluding hydrogens is 514 g/mol. The SMILES string of the molecule is CCOc1cccc(-c2nc3nnc(NS(=O)(=O)C4CCOCN4)cc3n2-c2c(OC)cccc2OC)n1. The molecule has 0 aliphatic carbocycles. The number of hydrogen-bond acceptors (Lipinski definition) is 11. The second-order valence-corrected chi connectivity index (χ2v) is 10.1. The Bertz CT molecular complexity index is 1530. The van der Waals surface area contributed by atoms with Crippen LogP contribution in [-0.2, 0) is 14.8 Å². The molecule has 3 aromatic heterocycles. The Labute approximate surface area is 219 Å². The minimum atomic E-state index is -3.82. The molecule has 4 heterocycles. The van der Waals surface area contributed by atoms with Gasteiger partial charge in [-0.05, 0) is 25.1 Å². The quantitative estimate of drug-likeness (QED) is 0.321. The third-order valence-electron chi connectivity index (χ3n) is 5.85. The molecule has 1 atom stereocenters. The molecule has 13 nitrogen and oxygen atoms in total. The summed E-state index contributed by atoms with van der Waals surface area (Å²) in [5, 5.41) is 10.3. The van der Waals surface area contributed by atoms with Gasteiger partial charge in [-0.1, -0.05) is 12.1 Å². The second kappa shape index (κ2) is 10.8. The summed E-state index contributed by atoms with van der Waals surface area (Å²) in [7, 11) is -0.723. The number of para-hydroxylation sites is 1. The summed E-state index contributed by atoms with van der Waals surface area (Å²) in [5.74, 6) is 1.86. The molecular formula is C24H27N7O6S. The van der Waals surface area contributed by atoms with E-state index in [2.05, 4.69) is 25.2 Å². The van der Waals surface area contributed by atoms with E-state index < -0.39 is 15.4 Å². The zero-order chi connectivity index (χ0) is 26.7. The first kappa shape index (κ1) is 25.6. The minimum absolute atomic E-state index is 0.0309. The van der Waals surface area contributed by atoms with Crippen molar-refractivity contribution in [3.05, 3.63) is 42.5 Å². The lowest BCUT2D eigenvalue weighted by Crippen LogP contribution is -2.45. The third-order valence-corrected chi connectivity index (χ3v) is 7.49. The van der Waals surface area contributed by atoms with Crippen LogP contribution in [0, 0.1) is 0 Å². The first-order valence-corrected chi connectivity index (χ1v) is 13.4. The van der Waals surface area contributed by atoms with E-state index in [0.717, 1.165) is 0 Å². The molecule has 1 aliphatic heterocycles. The van der Waals surface area contributed by atoms with Gasteiger partial charge < -0.3 is 18.9 Å². The van der Waals surface area contributed by atoms with Crippen LogP contribution in [0.2, 0.25) is 0 Å². The van der Waals surface area contributed by atoms with E-state index in [-0.39, 0.29) is 18.2 Å². The first-order valence-electron chi connectivity index (χ1n) is 11.9. The fraction of sp³-hybridized carbons (Fsp3) is 0.333. The van der Waals surface area contributed by atoms with E-state index in [1.54, 1.807) is 55.2 Å². The summed E-state index contributed by atoms with van der Waals surface area (Å²) in [4.78, 5) is 9.29. The van der Waals surface area contributed by atoms with Gasteiger partial charge in [0.25, 0.3) is 0 Å². The number of ether oxygens (including phenoxy) is 4. The normalized spacial score (nSPS) is 15.8. The van der Waals surface area contributed by atoms with Crippen molar-refractivity contribution in [1.29, 1.82) is 0 Å². The maximum absolute atomic E-state index is 13.0. The molecule has 14 heteroatoms. The number of methoxy groups -OCH3 is 2. The lowest BCUT2D eigenvalue weighted by atomic mass is 10.2. The van der Waals surface area contributed by atoms with Crippen LogP contribution < -0.4 is 24.2 Å². The summed E-state index contributed by atoms with van der Waals surface area (Å²) >= 11 is 0. The number of nitrogens with one attached hydrogen (secondary N) is 2. The molecule has 5 rings (SSSR count). The molecule has 1 unspecified atom stereocenters. The molecule has 1 aliphatic rings. The molecule has 0 saturated carbocycles. The summed E-state index contributed by atoms with van der Waals surface area (Å²) in [6, 6.07) is 12.3. The molecule has 2 N–H and O–H groups in total. The van der Waals surface area contributed by atoms with E-state index in [1.165, 1.54) is 0 Å². The Morgan fingerprint density at radius 2 is 1.87 bits per heavy atom. The molecule has 0 spiro atoms. The van der Waals surface area contributed by atoms with Crippen molar-refractivity contribution >= 4 is 27.0 Å². The fourth-order valence-corrected chi connectivity index (χ4v) is 5.38. The standard InChI is InChI=1S/C24H27N7O6S/c1-4-37-20-10-5-7-15(26-20)24-27-23-16(31(24)22-17(34-2)8-6-9-18(22)35-3)13-19(28-29-23)30-38(32,33)21-11-12-36-14-25-21/h5-10,13,21,25H,4,11-12,14H2,1-3H3,(H,28,30). The van der Waals surface area contributed by atoms with Gasteiger partial charge in [-0.2, -0.15) is 0 Å². The highest BCUT2D eigenvalue weighted by atomic mass is 32.2. The van der Waals surface area contributed by atoms with Crippen LogP contribution in [0.25, 0.3) is 28.4 Å². The van der Waals surface area contributed by atoms with Crippen LogP contribution in [0.15, 0.2) is 42.5 Å². The molecule has 0 radical (unpaired) electrons. The summed E-state index contributed by atoms with van der Waals surface area (Å²) < 4.78 is 52.4. The van der Waals surface area contributed by atoms with E-state index in [0.29, 0.717) is 59.7 Å². The van der Waals surface area contributed by atoms with Gasteiger partial charge >= 0.3 is 0 Å². The summed E-state index contributed by atoms with van der Waals surface area (Å²) in [6.45, 7) is 2.80. The second-order valence-electron chi connectivity index (χ2n) is 8.20. The van der Waals surface area contributed by atoms with Crippen molar-refractivity contribution in [2.75, 3.05) is 38.9 Å². The third kappa shape index (κ3) is 4.92. The number of aromatic nitrogens is 5. The van der Waals surface area contributed by atoms with E-state index in [4.69, 9.17) is 23.9 Å². The first-order chi connectivity index (χ1) is 18.4. The number of sulfonamides is 1. The number of fused-ring (bicyclic) bond motifs is 1. The van der Waals surface area contributed by atoms with E-state index >= 15 is 0 Å². The number of hydrogen-bond donors (Lipinski definition) is 2. The van der Waals surface area contributed by atoms with Crippen LogP contribution >= 0.6 is 0 Å². The van der Waals surface area contributed by atoms with Crippen molar-refractivity contribution in [3.8, 4) is 34.6 Å². The van der Waals surface area contributed by atoms with Crippen LogP contribution in [0.5, 0.6) is 17.4 Å². The molecule has 1 fully saturated rings. The zero-order valence-electron chi connectivity index (χ0n) is 21.0.